The van der Waals surface area contributed by atoms with Crippen LogP contribution in [0.3, 0.4) is 0 Å². The van der Waals surface area contributed by atoms with Crippen molar-refractivity contribution in [1.29, 1.82) is 0 Å². The SMILES string of the molecule is CCOC1(OCC)CCCCC1(OCC)C(=O)O. The van der Waals surface area contributed by atoms with Crippen molar-refractivity contribution in [1.82, 2.24) is 0 Å². The summed E-state index contributed by atoms with van der Waals surface area (Å²) >= 11 is 0. The summed E-state index contributed by atoms with van der Waals surface area (Å²) in [7, 11) is 0. The number of aliphatic carboxylic acids is 1. The van der Waals surface area contributed by atoms with E-state index < -0.39 is 17.4 Å². The number of rotatable bonds is 7. The molecule has 1 aliphatic carbocycles. The fourth-order valence-electron chi connectivity index (χ4n) is 2.77. The number of carboxylic acids is 1. The Kier molecular flexibility index (Phi) is 5.56. The smallest absolute Gasteiger partial charge is 0.341 e. The first-order chi connectivity index (χ1) is 8.58. The number of hydrogen-bond donors (Lipinski definition) is 1. The molecule has 1 saturated carbocycles. The zero-order chi connectivity index (χ0) is 13.6. The van der Waals surface area contributed by atoms with Gasteiger partial charge in [0.1, 0.15) is 0 Å². The first kappa shape index (κ1) is 15.4. The lowest BCUT2D eigenvalue weighted by molar-refractivity contribution is -0.335. The zero-order valence-corrected chi connectivity index (χ0v) is 11.5. The molecule has 0 spiro atoms. The average Bonchev–Trinajstić information content (AvgIpc) is 2.33. The minimum absolute atomic E-state index is 0.328. The van der Waals surface area contributed by atoms with Gasteiger partial charge in [0.15, 0.2) is 0 Å². The molecule has 1 atom stereocenters. The summed E-state index contributed by atoms with van der Waals surface area (Å²) in [5.74, 6) is -2.15. The summed E-state index contributed by atoms with van der Waals surface area (Å²) in [4.78, 5) is 11.7. The summed E-state index contributed by atoms with van der Waals surface area (Å²) in [6, 6.07) is 0. The molecule has 5 nitrogen and oxygen atoms in total. The predicted molar refractivity (Wildman–Crippen MR) is 66.4 cm³/mol. The van der Waals surface area contributed by atoms with E-state index in [2.05, 4.69) is 0 Å². The molecule has 0 heterocycles. The molecular formula is C13H24O5. The van der Waals surface area contributed by atoms with Crippen LogP contribution in [0.4, 0.5) is 0 Å². The summed E-state index contributed by atoms with van der Waals surface area (Å²) in [5, 5.41) is 9.62. The van der Waals surface area contributed by atoms with Crippen LogP contribution in [0, 0.1) is 0 Å². The second-order valence-electron chi connectivity index (χ2n) is 4.39. The average molecular weight is 260 g/mol. The number of hydrogen-bond acceptors (Lipinski definition) is 4. The highest BCUT2D eigenvalue weighted by atomic mass is 16.7. The molecule has 1 aliphatic rings. The molecule has 1 N–H and O–H groups in total. The molecule has 0 aromatic heterocycles. The van der Waals surface area contributed by atoms with Gasteiger partial charge in [0.05, 0.1) is 0 Å². The van der Waals surface area contributed by atoms with Gasteiger partial charge >= 0.3 is 5.97 Å². The van der Waals surface area contributed by atoms with Gasteiger partial charge in [0, 0.05) is 26.2 Å². The van der Waals surface area contributed by atoms with Gasteiger partial charge in [-0.2, -0.15) is 0 Å². The van der Waals surface area contributed by atoms with Crippen molar-refractivity contribution in [2.75, 3.05) is 19.8 Å². The highest BCUT2D eigenvalue weighted by Gasteiger charge is 2.61. The largest absolute Gasteiger partial charge is 0.479 e. The van der Waals surface area contributed by atoms with Crippen molar-refractivity contribution in [2.24, 2.45) is 0 Å². The van der Waals surface area contributed by atoms with E-state index in [1.165, 1.54) is 0 Å². The van der Waals surface area contributed by atoms with Crippen LogP contribution in [0.2, 0.25) is 0 Å². The Bertz CT molecular complexity index is 263. The first-order valence-corrected chi connectivity index (χ1v) is 6.73. The summed E-state index contributed by atoms with van der Waals surface area (Å²) in [5.41, 5.74) is -1.38. The molecule has 1 rings (SSSR count). The summed E-state index contributed by atoms with van der Waals surface area (Å²) in [6.07, 6.45) is 2.69. The minimum Gasteiger partial charge on any atom is -0.479 e. The Balaban J connectivity index is 3.15. The maximum atomic E-state index is 11.7. The predicted octanol–water partition coefficient (Wildman–Crippen LogP) is 2.19. The van der Waals surface area contributed by atoms with Gasteiger partial charge in [-0.05, 0) is 40.0 Å². The Hall–Kier alpha value is -0.650. The van der Waals surface area contributed by atoms with E-state index in [1.807, 2.05) is 13.8 Å². The van der Waals surface area contributed by atoms with Crippen LogP contribution < -0.4 is 0 Å². The molecule has 0 aromatic rings. The lowest BCUT2D eigenvalue weighted by Gasteiger charge is -2.48. The molecule has 1 unspecified atom stereocenters. The second-order valence-corrected chi connectivity index (χ2v) is 4.39. The van der Waals surface area contributed by atoms with Crippen LogP contribution >= 0.6 is 0 Å². The van der Waals surface area contributed by atoms with Crippen LogP contribution in [-0.4, -0.2) is 42.3 Å². The molecule has 0 saturated heterocycles. The molecule has 18 heavy (non-hydrogen) atoms. The molecular weight excluding hydrogens is 236 g/mol. The summed E-state index contributed by atoms with van der Waals surface area (Å²) < 4.78 is 17.0. The van der Waals surface area contributed by atoms with E-state index in [0.29, 0.717) is 32.7 Å². The van der Waals surface area contributed by atoms with E-state index in [-0.39, 0.29) is 0 Å². The first-order valence-electron chi connectivity index (χ1n) is 6.73. The van der Waals surface area contributed by atoms with Crippen LogP contribution in [0.25, 0.3) is 0 Å². The van der Waals surface area contributed by atoms with Crippen molar-refractivity contribution < 1.29 is 24.1 Å². The molecule has 1 fully saturated rings. The monoisotopic (exact) mass is 260 g/mol. The van der Waals surface area contributed by atoms with Crippen molar-refractivity contribution in [3.05, 3.63) is 0 Å². The lowest BCUT2D eigenvalue weighted by atomic mass is 9.78. The topological polar surface area (TPSA) is 65.0 Å². The molecule has 0 aromatic carbocycles. The fourth-order valence-corrected chi connectivity index (χ4v) is 2.77. The van der Waals surface area contributed by atoms with Gasteiger partial charge in [-0.3, -0.25) is 0 Å². The molecule has 0 aliphatic heterocycles. The van der Waals surface area contributed by atoms with Crippen molar-refractivity contribution >= 4 is 5.97 Å². The van der Waals surface area contributed by atoms with Crippen molar-refractivity contribution in [3.63, 3.8) is 0 Å². The normalized spacial score (nSPS) is 27.1. The van der Waals surface area contributed by atoms with Gasteiger partial charge < -0.3 is 19.3 Å². The highest BCUT2D eigenvalue weighted by Crippen LogP contribution is 2.44. The Morgan fingerprint density at radius 3 is 1.94 bits per heavy atom. The maximum Gasteiger partial charge on any atom is 0.341 e. The van der Waals surface area contributed by atoms with Crippen LogP contribution in [0.15, 0.2) is 0 Å². The fraction of sp³-hybridized carbons (Fsp3) is 0.923. The van der Waals surface area contributed by atoms with Gasteiger partial charge in [-0.25, -0.2) is 4.79 Å². The molecule has 0 radical (unpaired) electrons. The van der Waals surface area contributed by atoms with Gasteiger partial charge in [-0.15, -0.1) is 0 Å². The van der Waals surface area contributed by atoms with E-state index in [4.69, 9.17) is 14.2 Å². The Morgan fingerprint density at radius 1 is 1.00 bits per heavy atom. The van der Waals surface area contributed by atoms with Crippen LogP contribution in [-0.2, 0) is 19.0 Å². The van der Waals surface area contributed by atoms with E-state index in [0.717, 1.165) is 12.8 Å². The van der Waals surface area contributed by atoms with Gasteiger partial charge in [0.2, 0.25) is 11.4 Å². The quantitative estimate of drug-likeness (QED) is 0.711. The highest BCUT2D eigenvalue weighted by molar-refractivity contribution is 5.79. The van der Waals surface area contributed by atoms with Crippen molar-refractivity contribution in [3.8, 4) is 0 Å². The Labute approximate surface area is 108 Å². The third-order valence-corrected chi connectivity index (χ3v) is 3.39. The summed E-state index contributed by atoms with van der Waals surface area (Å²) in [6.45, 7) is 6.61. The Morgan fingerprint density at radius 2 is 1.50 bits per heavy atom. The molecule has 0 amide bonds. The molecule has 106 valence electrons. The number of ether oxygens (including phenoxy) is 3. The van der Waals surface area contributed by atoms with Crippen LogP contribution in [0.1, 0.15) is 46.5 Å². The minimum atomic E-state index is -1.38. The lowest BCUT2D eigenvalue weighted by Crippen LogP contribution is -2.65. The third-order valence-electron chi connectivity index (χ3n) is 3.39. The number of carboxylic acid groups (broad SMARTS) is 1. The van der Waals surface area contributed by atoms with Crippen LogP contribution in [0.5, 0.6) is 0 Å². The van der Waals surface area contributed by atoms with Crippen molar-refractivity contribution in [2.45, 2.75) is 57.8 Å². The van der Waals surface area contributed by atoms with E-state index in [9.17, 15) is 9.90 Å². The molecule has 5 heteroatoms. The maximum absolute atomic E-state index is 11.7. The molecule has 0 bridgehead atoms. The van der Waals surface area contributed by atoms with E-state index >= 15 is 0 Å². The second kappa shape index (κ2) is 6.50. The number of carbonyl (C=O) groups is 1. The third kappa shape index (κ3) is 2.53. The standard InChI is InChI=1S/C13H24O5/c1-4-16-12(11(14)15)9-7-8-10-13(12,17-5-2)18-6-3/h4-10H2,1-3H3,(H,14,15). The van der Waals surface area contributed by atoms with E-state index in [1.54, 1.807) is 6.92 Å². The van der Waals surface area contributed by atoms with Gasteiger partial charge in [-0.1, -0.05) is 0 Å². The van der Waals surface area contributed by atoms with Gasteiger partial charge in [0.25, 0.3) is 0 Å². The zero-order valence-electron chi connectivity index (χ0n) is 11.5.